The van der Waals surface area contributed by atoms with Crippen LogP contribution in [0.4, 0.5) is 4.79 Å². The highest BCUT2D eigenvalue weighted by Gasteiger charge is 2.23. The average molecular weight is 269 g/mol. The fourth-order valence-corrected chi connectivity index (χ4v) is 2.15. The van der Waals surface area contributed by atoms with Gasteiger partial charge >= 0.3 is 12.1 Å². The number of carboxylic acid groups (broad SMARTS) is 1. The van der Waals surface area contributed by atoms with Crippen molar-refractivity contribution in [2.75, 3.05) is 0 Å². The molecule has 0 radical (unpaired) electrons. The minimum absolute atomic E-state index is 0.129. The molecule has 0 aromatic rings. The molecule has 5 nitrogen and oxygen atoms in total. The lowest BCUT2D eigenvalue weighted by Crippen LogP contribution is -2.40. The Hall–Kier alpha value is -1.52. The third kappa shape index (κ3) is 6.84. The molecule has 0 aromatic carbocycles. The zero-order valence-electron chi connectivity index (χ0n) is 11.8. The van der Waals surface area contributed by atoms with Gasteiger partial charge in [0.25, 0.3) is 0 Å². The first-order valence-electron chi connectivity index (χ1n) is 6.67. The number of aliphatic carboxylic acids is 1. The van der Waals surface area contributed by atoms with E-state index in [4.69, 9.17) is 9.84 Å². The number of hydrogen-bond donors (Lipinski definition) is 2. The summed E-state index contributed by atoms with van der Waals surface area (Å²) in [5.41, 5.74) is -0.481. The van der Waals surface area contributed by atoms with Gasteiger partial charge in [0, 0.05) is 12.1 Å². The summed E-state index contributed by atoms with van der Waals surface area (Å²) < 4.78 is 5.20. The number of hydrogen-bond acceptors (Lipinski definition) is 3. The Balaban J connectivity index is 2.30. The molecular formula is C14H23NO4. The van der Waals surface area contributed by atoms with Gasteiger partial charge in [-0.05, 0) is 52.4 Å². The van der Waals surface area contributed by atoms with Gasteiger partial charge in [0.15, 0.2) is 0 Å². The lowest BCUT2D eigenvalue weighted by atomic mass is 9.86. The van der Waals surface area contributed by atoms with E-state index < -0.39 is 11.6 Å². The van der Waals surface area contributed by atoms with E-state index >= 15 is 0 Å². The SMILES string of the molecule is CC(C)(C)OC(=O)NC1CCC(/C=C/C(=O)O)CC1. The molecule has 19 heavy (non-hydrogen) atoms. The van der Waals surface area contributed by atoms with Crippen LogP contribution in [0.3, 0.4) is 0 Å². The number of alkyl carbamates (subject to hydrolysis) is 1. The summed E-state index contributed by atoms with van der Waals surface area (Å²) in [7, 11) is 0. The Morgan fingerprint density at radius 2 is 1.79 bits per heavy atom. The molecule has 1 aliphatic carbocycles. The molecule has 0 saturated heterocycles. The maximum absolute atomic E-state index is 11.6. The van der Waals surface area contributed by atoms with Crippen LogP contribution >= 0.6 is 0 Å². The molecule has 1 rings (SSSR count). The summed E-state index contributed by atoms with van der Waals surface area (Å²) in [5.74, 6) is -0.609. The first-order chi connectivity index (χ1) is 8.76. The van der Waals surface area contributed by atoms with E-state index in [-0.39, 0.29) is 12.1 Å². The summed E-state index contributed by atoms with van der Waals surface area (Å²) in [6, 6.07) is 0.129. The van der Waals surface area contributed by atoms with Gasteiger partial charge in [0.1, 0.15) is 5.60 Å². The van der Waals surface area contributed by atoms with Crippen molar-refractivity contribution in [2.45, 2.75) is 58.1 Å². The zero-order valence-corrected chi connectivity index (χ0v) is 11.8. The van der Waals surface area contributed by atoms with E-state index in [1.807, 2.05) is 20.8 Å². The summed E-state index contributed by atoms with van der Waals surface area (Å²) in [6.07, 6.45) is 6.06. The Labute approximate surface area is 114 Å². The van der Waals surface area contributed by atoms with Crippen LogP contribution in [0.15, 0.2) is 12.2 Å². The standard InChI is InChI=1S/C14H23NO4/c1-14(2,3)19-13(18)15-11-7-4-10(5-8-11)6-9-12(16)17/h6,9-11H,4-5,7-8H2,1-3H3,(H,15,18)(H,16,17)/b9-6+. The van der Waals surface area contributed by atoms with Crippen LogP contribution in [0.5, 0.6) is 0 Å². The summed E-state index contributed by atoms with van der Waals surface area (Å²) >= 11 is 0. The quantitative estimate of drug-likeness (QED) is 0.772. The van der Waals surface area contributed by atoms with Gasteiger partial charge in [-0.3, -0.25) is 0 Å². The molecule has 1 amide bonds. The molecule has 1 saturated carbocycles. The molecule has 0 atom stereocenters. The lowest BCUT2D eigenvalue weighted by Gasteiger charge is -2.28. The van der Waals surface area contributed by atoms with E-state index in [1.165, 1.54) is 6.08 Å². The third-order valence-corrected chi connectivity index (χ3v) is 3.00. The Kier molecular flexibility index (Phi) is 5.39. The molecule has 0 heterocycles. The van der Waals surface area contributed by atoms with E-state index in [2.05, 4.69) is 5.32 Å². The van der Waals surface area contributed by atoms with E-state index in [0.717, 1.165) is 25.7 Å². The second kappa shape index (κ2) is 6.59. The molecule has 0 bridgehead atoms. The number of carbonyl (C=O) groups is 2. The van der Waals surface area contributed by atoms with Gasteiger partial charge in [-0.25, -0.2) is 9.59 Å². The zero-order chi connectivity index (χ0) is 14.5. The molecule has 108 valence electrons. The van der Waals surface area contributed by atoms with Crippen LogP contribution in [-0.2, 0) is 9.53 Å². The molecule has 5 heteroatoms. The van der Waals surface area contributed by atoms with Gasteiger partial charge in [-0.2, -0.15) is 0 Å². The Bertz CT molecular complexity index is 349. The van der Waals surface area contributed by atoms with Crippen molar-refractivity contribution >= 4 is 12.1 Å². The summed E-state index contributed by atoms with van der Waals surface area (Å²) in [5, 5.41) is 11.4. The maximum Gasteiger partial charge on any atom is 0.407 e. The molecule has 1 aliphatic rings. The van der Waals surface area contributed by atoms with Gasteiger partial charge in [0.05, 0.1) is 0 Å². The highest BCUT2D eigenvalue weighted by Crippen LogP contribution is 2.25. The Morgan fingerprint density at radius 3 is 2.26 bits per heavy atom. The fraction of sp³-hybridized carbons (Fsp3) is 0.714. The van der Waals surface area contributed by atoms with Crippen molar-refractivity contribution in [1.82, 2.24) is 5.32 Å². The van der Waals surface area contributed by atoms with Crippen LogP contribution in [0.25, 0.3) is 0 Å². The largest absolute Gasteiger partial charge is 0.478 e. The molecule has 0 aromatic heterocycles. The number of ether oxygens (including phenoxy) is 1. The maximum atomic E-state index is 11.6. The van der Waals surface area contributed by atoms with Crippen molar-refractivity contribution in [2.24, 2.45) is 5.92 Å². The van der Waals surface area contributed by atoms with Crippen LogP contribution in [0.2, 0.25) is 0 Å². The number of rotatable bonds is 3. The van der Waals surface area contributed by atoms with Crippen LogP contribution in [-0.4, -0.2) is 28.8 Å². The highest BCUT2D eigenvalue weighted by molar-refractivity contribution is 5.79. The van der Waals surface area contributed by atoms with Crippen LogP contribution in [0.1, 0.15) is 46.5 Å². The molecule has 0 spiro atoms. The van der Waals surface area contributed by atoms with E-state index in [1.54, 1.807) is 6.08 Å². The van der Waals surface area contributed by atoms with E-state index in [0.29, 0.717) is 5.92 Å². The number of allylic oxidation sites excluding steroid dienone is 1. The Morgan fingerprint density at radius 1 is 1.21 bits per heavy atom. The van der Waals surface area contributed by atoms with Gasteiger partial charge in [-0.15, -0.1) is 0 Å². The van der Waals surface area contributed by atoms with Gasteiger partial charge in [0.2, 0.25) is 0 Å². The second-order valence-electron chi connectivity index (χ2n) is 5.96. The number of carbonyl (C=O) groups excluding carboxylic acids is 1. The van der Waals surface area contributed by atoms with Crippen molar-refractivity contribution in [3.8, 4) is 0 Å². The van der Waals surface area contributed by atoms with Crippen molar-refractivity contribution < 1.29 is 19.4 Å². The highest BCUT2D eigenvalue weighted by atomic mass is 16.6. The number of carboxylic acids is 1. The van der Waals surface area contributed by atoms with Crippen LogP contribution < -0.4 is 5.32 Å². The van der Waals surface area contributed by atoms with Gasteiger partial charge < -0.3 is 15.2 Å². The normalized spacial score (nSPS) is 24.2. The van der Waals surface area contributed by atoms with Crippen molar-refractivity contribution in [3.63, 3.8) is 0 Å². The minimum atomic E-state index is -0.908. The predicted molar refractivity (Wildman–Crippen MR) is 71.9 cm³/mol. The topological polar surface area (TPSA) is 75.6 Å². The second-order valence-corrected chi connectivity index (χ2v) is 5.96. The van der Waals surface area contributed by atoms with E-state index in [9.17, 15) is 9.59 Å². The monoisotopic (exact) mass is 269 g/mol. The first kappa shape index (κ1) is 15.5. The fourth-order valence-electron chi connectivity index (χ4n) is 2.15. The molecule has 1 fully saturated rings. The first-order valence-corrected chi connectivity index (χ1v) is 6.67. The van der Waals surface area contributed by atoms with Crippen molar-refractivity contribution in [3.05, 3.63) is 12.2 Å². The third-order valence-electron chi connectivity index (χ3n) is 3.00. The number of nitrogens with one attached hydrogen (secondary N) is 1. The molecular weight excluding hydrogens is 246 g/mol. The molecule has 0 aliphatic heterocycles. The average Bonchev–Trinajstić information content (AvgIpc) is 2.25. The minimum Gasteiger partial charge on any atom is -0.478 e. The van der Waals surface area contributed by atoms with Gasteiger partial charge in [-0.1, -0.05) is 6.08 Å². The lowest BCUT2D eigenvalue weighted by molar-refractivity contribution is -0.131. The number of amides is 1. The summed E-state index contributed by atoms with van der Waals surface area (Å²) in [4.78, 5) is 22.0. The molecule has 2 N–H and O–H groups in total. The van der Waals surface area contributed by atoms with Crippen LogP contribution in [0, 0.1) is 5.92 Å². The predicted octanol–water partition coefficient (Wildman–Crippen LogP) is 2.71. The van der Waals surface area contributed by atoms with Crippen molar-refractivity contribution in [1.29, 1.82) is 0 Å². The molecule has 0 unspecified atom stereocenters. The summed E-state index contributed by atoms with van der Waals surface area (Å²) in [6.45, 7) is 5.50. The smallest absolute Gasteiger partial charge is 0.407 e.